The second-order valence-corrected chi connectivity index (χ2v) is 7.18. The first kappa shape index (κ1) is 20.2. The Hall–Kier alpha value is -4.07. The Kier molecular flexibility index (Phi) is 5.70. The fourth-order valence-corrected chi connectivity index (χ4v) is 3.29. The SMILES string of the molecule is C=C/C(=C\C(=N/C)C(=O)Nc1cccc(-c2nncn2C2CC2)c1)c1cccnc1N. The van der Waals surface area contributed by atoms with Gasteiger partial charge in [0.2, 0.25) is 0 Å². The number of carbonyl (C=O) groups is 1. The molecule has 1 fully saturated rings. The third-order valence-corrected chi connectivity index (χ3v) is 5.03. The van der Waals surface area contributed by atoms with Gasteiger partial charge in [0.05, 0.1) is 0 Å². The van der Waals surface area contributed by atoms with Crippen molar-refractivity contribution in [3.8, 4) is 11.4 Å². The molecule has 1 aliphatic rings. The van der Waals surface area contributed by atoms with E-state index in [2.05, 4.69) is 36.6 Å². The Morgan fingerprint density at radius 1 is 1.32 bits per heavy atom. The zero-order chi connectivity index (χ0) is 21.8. The number of nitrogens with one attached hydrogen (secondary N) is 1. The molecule has 0 bridgehead atoms. The van der Waals surface area contributed by atoms with Crippen LogP contribution in [-0.2, 0) is 4.79 Å². The summed E-state index contributed by atoms with van der Waals surface area (Å²) < 4.78 is 2.08. The highest BCUT2D eigenvalue weighted by molar-refractivity contribution is 6.48. The van der Waals surface area contributed by atoms with Crippen molar-refractivity contribution in [2.24, 2.45) is 4.99 Å². The van der Waals surface area contributed by atoms with E-state index < -0.39 is 0 Å². The van der Waals surface area contributed by atoms with E-state index in [1.165, 1.54) is 0 Å². The number of aromatic nitrogens is 4. The Morgan fingerprint density at radius 3 is 2.87 bits per heavy atom. The van der Waals surface area contributed by atoms with Crippen LogP contribution in [0.15, 0.2) is 72.6 Å². The van der Waals surface area contributed by atoms with Crippen LogP contribution in [0.5, 0.6) is 0 Å². The summed E-state index contributed by atoms with van der Waals surface area (Å²) in [7, 11) is 1.56. The molecule has 2 aromatic heterocycles. The summed E-state index contributed by atoms with van der Waals surface area (Å²) in [4.78, 5) is 21.1. The van der Waals surface area contributed by atoms with Crippen LogP contribution in [-0.4, -0.2) is 38.4 Å². The summed E-state index contributed by atoms with van der Waals surface area (Å²) >= 11 is 0. The van der Waals surface area contributed by atoms with Gasteiger partial charge in [-0.25, -0.2) is 4.98 Å². The summed E-state index contributed by atoms with van der Waals surface area (Å²) in [5, 5.41) is 11.2. The predicted molar refractivity (Wildman–Crippen MR) is 123 cm³/mol. The van der Waals surface area contributed by atoms with Crippen molar-refractivity contribution in [3.05, 3.63) is 73.2 Å². The fraction of sp³-hybridized carbons (Fsp3) is 0.174. The summed E-state index contributed by atoms with van der Waals surface area (Å²) in [6.07, 6.45) is 8.90. The molecule has 4 rings (SSSR count). The van der Waals surface area contributed by atoms with Gasteiger partial charge < -0.3 is 15.6 Å². The second-order valence-electron chi connectivity index (χ2n) is 7.18. The first-order valence-corrected chi connectivity index (χ1v) is 9.93. The number of nitrogens with two attached hydrogens (primary N) is 1. The lowest BCUT2D eigenvalue weighted by Crippen LogP contribution is -2.21. The molecule has 31 heavy (non-hydrogen) atoms. The molecule has 8 heteroatoms. The summed E-state index contributed by atoms with van der Waals surface area (Å²) in [6, 6.07) is 11.6. The number of carbonyl (C=O) groups excluding carboxylic acids is 1. The van der Waals surface area contributed by atoms with E-state index in [0.717, 1.165) is 24.2 Å². The van der Waals surface area contributed by atoms with E-state index in [1.54, 1.807) is 37.8 Å². The van der Waals surface area contributed by atoms with Crippen LogP contribution in [0.4, 0.5) is 11.5 Å². The molecule has 0 aliphatic heterocycles. The van der Waals surface area contributed by atoms with Crippen LogP contribution in [0.3, 0.4) is 0 Å². The zero-order valence-electron chi connectivity index (χ0n) is 17.2. The molecule has 3 aromatic rings. The Balaban J connectivity index is 1.56. The largest absolute Gasteiger partial charge is 0.383 e. The highest BCUT2D eigenvalue weighted by atomic mass is 16.1. The van der Waals surface area contributed by atoms with E-state index in [9.17, 15) is 4.79 Å². The Morgan fingerprint density at radius 2 is 2.16 bits per heavy atom. The van der Waals surface area contributed by atoms with Crippen LogP contribution in [0.1, 0.15) is 24.4 Å². The topological polar surface area (TPSA) is 111 Å². The van der Waals surface area contributed by atoms with Gasteiger partial charge in [0.25, 0.3) is 5.91 Å². The van der Waals surface area contributed by atoms with Crippen LogP contribution >= 0.6 is 0 Å². The summed E-state index contributed by atoms with van der Waals surface area (Å²) in [5.41, 5.74) is 9.08. The minimum absolute atomic E-state index is 0.240. The van der Waals surface area contributed by atoms with Crippen molar-refractivity contribution in [2.75, 3.05) is 18.1 Å². The third-order valence-electron chi connectivity index (χ3n) is 5.03. The lowest BCUT2D eigenvalue weighted by Gasteiger charge is -2.10. The second kappa shape index (κ2) is 8.74. The van der Waals surface area contributed by atoms with Crippen molar-refractivity contribution in [3.63, 3.8) is 0 Å². The molecular formula is C23H23N7O. The predicted octanol–water partition coefficient (Wildman–Crippen LogP) is 3.54. The fourth-order valence-electron chi connectivity index (χ4n) is 3.29. The number of benzene rings is 1. The average molecular weight is 413 g/mol. The Labute approximate surface area is 180 Å². The van der Waals surface area contributed by atoms with E-state index >= 15 is 0 Å². The van der Waals surface area contributed by atoms with Crippen molar-refractivity contribution >= 4 is 28.7 Å². The first-order valence-electron chi connectivity index (χ1n) is 9.93. The standard InChI is InChI=1S/C23H23N7O/c1-3-15(19-8-5-11-26-21(19)24)13-20(25-2)23(31)28-17-7-4-6-16(12-17)22-29-27-14-30(22)18-9-10-18/h3-8,11-14,18H,1,9-10H2,2H3,(H2,24,26)(H,28,31)/b15-13+,25-20+. The van der Waals surface area contributed by atoms with Gasteiger partial charge in [0.15, 0.2) is 5.82 Å². The molecule has 0 radical (unpaired) electrons. The van der Waals surface area contributed by atoms with Gasteiger partial charge in [-0.15, -0.1) is 10.2 Å². The lowest BCUT2D eigenvalue weighted by molar-refractivity contribution is -0.110. The third kappa shape index (κ3) is 4.42. The number of hydrogen-bond donors (Lipinski definition) is 2. The van der Waals surface area contributed by atoms with E-state index in [0.29, 0.717) is 28.7 Å². The van der Waals surface area contributed by atoms with Crippen molar-refractivity contribution in [1.82, 2.24) is 19.7 Å². The quantitative estimate of drug-likeness (QED) is 0.455. The van der Waals surface area contributed by atoms with Gasteiger partial charge in [-0.3, -0.25) is 9.79 Å². The molecular weight excluding hydrogens is 390 g/mol. The maximum atomic E-state index is 12.9. The van der Waals surface area contributed by atoms with Gasteiger partial charge in [-0.1, -0.05) is 24.8 Å². The lowest BCUT2D eigenvalue weighted by atomic mass is 10.0. The number of pyridine rings is 1. The first-order chi connectivity index (χ1) is 15.1. The zero-order valence-corrected chi connectivity index (χ0v) is 17.2. The van der Waals surface area contributed by atoms with Crippen LogP contribution in [0, 0.1) is 0 Å². The maximum Gasteiger partial charge on any atom is 0.273 e. The number of amides is 1. The molecule has 8 nitrogen and oxygen atoms in total. The number of anilines is 2. The summed E-state index contributed by atoms with van der Waals surface area (Å²) in [5.74, 6) is 0.811. The number of allylic oxidation sites excluding steroid dienone is 2. The minimum atomic E-state index is -0.342. The molecule has 3 N–H and O–H groups in total. The van der Waals surface area contributed by atoms with Crippen LogP contribution < -0.4 is 11.1 Å². The summed E-state index contributed by atoms with van der Waals surface area (Å²) in [6.45, 7) is 3.82. The van der Waals surface area contributed by atoms with E-state index in [4.69, 9.17) is 5.73 Å². The highest BCUT2D eigenvalue weighted by Gasteiger charge is 2.26. The molecule has 2 heterocycles. The molecule has 1 aromatic carbocycles. The van der Waals surface area contributed by atoms with Gasteiger partial charge in [0, 0.05) is 36.1 Å². The molecule has 1 aliphatic carbocycles. The molecule has 1 amide bonds. The number of nitrogens with zero attached hydrogens (tertiary/aromatic N) is 5. The molecule has 0 unspecified atom stereocenters. The molecule has 0 saturated heterocycles. The normalized spacial score (nSPS) is 14.4. The maximum absolute atomic E-state index is 12.9. The van der Waals surface area contributed by atoms with Crippen LogP contribution in [0.25, 0.3) is 17.0 Å². The number of nitrogen functional groups attached to an aromatic ring is 1. The molecule has 1 saturated carbocycles. The molecule has 0 atom stereocenters. The Bertz CT molecular complexity index is 1190. The van der Waals surface area contributed by atoms with Crippen molar-refractivity contribution in [2.45, 2.75) is 18.9 Å². The van der Waals surface area contributed by atoms with Gasteiger partial charge in [-0.2, -0.15) is 0 Å². The molecule has 0 spiro atoms. The van der Waals surface area contributed by atoms with Gasteiger partial charge in [0.1, 0.15) is 17.9 Å². The van der Waals surface area contributed by atoms with E-state index in [-0.39, 0.29) is 11.6 Å². The minimum Gasteiger partial charge on any atom is -0.383 e. The van der Waals surface area contributed by atoms with Gasteiger partial charge >= 0.3 is 0 Å². The van der Waals surface area contributed by atoms with E-state index in [1.807, 2.05) is 30.3 Å². The monoisotopic (exact) mass is 413 g/mol. The highest BCUT2D eigenvalue weighted by Crippen LogP contribution is 2.37. The van der Waals surface area contributed by atoms with Crippen molar-refractivity contribution in [1.29, 1.82) is 0 Å². The average Bonchev–Trinajstić information content (AvgIpc) is 3.51. The van der Waals surface area contributed by atoms with Crippen LogP contribution in [0.2, 0.25) is 0 Å². The number of rotatable bonds is 7. The smallest absolute Gasteiger partial charge is 0.273 e. The number of hydrogen-bond acceptors (Lipinski definition) is 6. The van der Waals surface area contributed by atoms with Gasteiger partial charge in [-0.05, 0) is 48.8 Å². The number of aliphatic imine (C=N–C) groups is 1. The molecule has 156 valence electrons. The van der Waals surface area contributed by atoms with Crippen molar-refractivity contribution < 1.29 is 4.79 Å².